The molecule has 0 aliphatic heterocycles. The third-order valence-corrected chi connectivity index (χ3v) is 3.35. The van der Waals surface area contributed by atoms with E-state index in [1.807, 2.05) is 55.5 Å². The molecule has 0 saturated heterocycles. The molecule has 22 heavy (non-hydrogen) atoms. The summed E-state index contributed by atoms with van der Waals surface area (Å²) in [5.41, 5.74) is 2.18. The second-order valence-corrected chi connectivity index (χ2v) is 5.00. The number of benzene rings is 2. The van der Waals surface area contributed by atoms with E-state index >= 15 is 0 Å². The van der Waals surface area contributed by atoms with Gasteiger partial charge in [0.05, 0.1) is 7.11 Å². The zero-order chi connectivity index (χ0) is 15.8. The van der Waals surface area contributed by atoms with Crippen molar-refractivity contribution in [1.82, 2.24) is 5.32 Å². The fourth-order valence-electron chi connectivity index (χ4n) is 2.05. The third kappa shape index (κ3) is 4.81. The quantitative estimate of drug-likeness (QED) is 0.855. The number of para-hydroxylation sites is 1. The van der Waals surface area contributed by atoms with Gasteiger partial charge in [-0.2, -0.15) is 0 Å². The highest BCUT2D eigenvalue weighted by molar-refractivity contribution is 5.77. The van der Waals surface area contributed by atoms with E-state index in [1.165, 1.54) is 0 Å². The first-order valence-electron chi connectivity index (χ1n) is 7.27. The predicted octanol–water partition coefficient (Wildman–Crippen LogP) is 2.74. The maximum absolute atomic E-state index is 11.8. The normalized spacial score (nSPS) is 10.1. The van der Waals surface area contributed by atoms with Gasteiger partial charge in [0.15, 0.2) is 6.61 Å². The molecule has 0 radical (unpaired) electrons. The monoisotopic (exact) mass is 299 g/mol. The fourth-order valence-corrected chi connectivity index (χ4v) is 2.05. The van der Waals surface area contributed by atoms with Crippen LogP contribution in [0, 0.1) is 6.92 Å². The second kappa shape index (κ2) is 8.08. The fraction of sp³-hybridized carbons (Fsp3) is 0.278. The molecule has 4 heteroatoms. The number of carbonyl (C=O) groups excluding carboxylic acids is 1. The van der Waals surface area contributed by atoms with Crippen molar-refractivity contribution in [1.29, 1.82) is 0 Å². The van der Waals surface area contributed by atoms with Crippen LogP contribution in [0.2, 0.25) is 0 Å². The van der Waals surface area contributed by atoms with Gasteiger partial charge in [-0.3, -0.25) is 4.79 Å². The minimum atomic E-state index is -0.114. The summed E-state index contributed by atoms with van der Waals surface area (Å²) in [5, 5.41) is 2.85. The van der Waals surface area contributed by atoms with E-state index in [1.54, 1.807) is 7.11 Å². The van der Waals surface area contributed by atoms with Gasteiger partial charge in [0.25, 0.3) is 5.91 Å². The number of carbonyl (C=O) groups is 1. The Bertz CT molecular complexity index is 608. The van der Waals surface area contributed by atoms with Crippen molar-refractivity contribution < 1.29 is 14.3 Å². The number of rotatable bonds is 7. The standard InChI is InChI=1S/C18H21NO3/c1-14-5-3-4-6-17(14)22-13-18(20)19-12-11-15-7-9-16(21-2)10-8-15/h3-10H,11-13H2,1-2H3,(H,19,20). The average Bonchev–Trinajstić information content (AvgIpc) is 2.55. The van der Waals surface area contributed by atoms with Crippen molar-refractivity contribution in [2.45, 2.75) is 13.3 Å². The Balaban J connectivity index is 1.70. The van der Waals surface area contributed by atoms with Crippen LogP contribution in [0.25, 0.3) is 0 Å². The lowest BCUT2D eigenvalue weighted by molar-refractivity contribution is -0.123. The van der Waals surface area contributed by atoms with Gasteiger partial charge in [0.2, 0.25) is 0 Å². The van der Waals surface area contributed by atoms with Crippen molar-refractivity contribution in [3.8, 4) is 11.5 Å². The van der Waals surface area contributed by atoms with Crippen LogP contribution in [0.5, 0.6) is 11.5 Å². The van der Waals surface area contributed by atoms with Crippen LogP contribution in [-0.4, -0.2) is 26.2 Å². The molecule has 1 N–H and O–H groups in total. The molecule has 2 rings (SSSR count). The number of ether oxygens (including phenoxy) is 2. The number of hydrogen-bond donors (Lipinski definition) is 1. The summed E-state index contributed by atoms with van der Waals surface area (Å²) in [6.45, 7) is 2.58. The Kier molecular flexibility index (Phi) is 5.83. The van der Waals surface area contributed by atoms with Crippen LogP contribution in [0.1, 0.15) is 11.1 Å². The van der Waals surface area contributed by atoms with Gasteiger partial charge >= 0.3 is 0 Å². The van der Waals surface area contributed by atoms with Crippen molar-refractivity contribution in [3.05, 3.63) is 59.7 Å². The molecule has 0 heterocycles. The number of hydrogen-bond acceptors (Lipinski definition) is 3. The molecular formula is C18H21NO3. The van der Waals surface area contributed by atoms with Crippen LogP contribution in [0.4, 0.5) is 0 Å². The van der Waals surface area contributed by atoms with Gasteiger partial charge in [-0.05, 0) is 42.7 Å². The first-order valence-corrected chi connectivity index (χ1v) is 7.27. The van der Waals surface area contributed by atoms with Crippen LogP contribution in [0.3, 0.4) is 0 Å². The summed E-state index contributed by atoms with van der Waals surface area (Å²) >= 11 is 0. The second-order valence-electron chi connectivity index (χ2n) is 5.00. The van der Waals surface area contributed by atoms with Gasteiger partial charge in [0.1, 0.15) is 11.5 Å². The van der Waals surface area contributed by atoms with Gasteiger partial charge in [0, 0.05) is 6.54 Å². The summed E-state index contributed by atoms with van der Waals surface area (Å²) < 4.78 is 10.6. The Morgan fingerprint density at radius 3 is 2.50 bits per heavy atom. The molecule has 0 bridgehead atoms. The van der Waals surface area contributed by atoms with Crippen LogP contribution < -0.4 is 14.8 Å². The molecule has 0 aliphatic carbocycles. The van der Waals surface area contributed by atoms with Gasteiger partial charge in [-0.25, -0.2) is 0 Å². The highest BCUT2D eigenvalue weighted by atomic mass is 16.5. The van der Waals surface area contributed by atoms with E-state index in [0.29, 0.717) is 6.54 Å². The average molecular weight is 299 g/mol. The topological polar surface area (TPSA) is 47.6 Å². The first-order chi connectivity index (χ1) is 10.7. The van der Waals surface area contributed by atoms with Gasteiger partial charge in [-0.1, -0.05) is 30.3 Å². The lowest BCUT2D eigenvalue weighted by atomic mass is 10.1. The van der Waals surface area contributed by atoms with Crippen LogP contribution in [-0.2, 0) is 11.2 Å². The Labute approximate surface area is 131 Å². The van der Waals surface area contributed by atoms with E-state index in [4.69, 9.17) is 9.47 Å². The minimum Gasteiger partial charge on any atom is -0.497 e. The molecule has 2 aromatic carbocycles. The molecule has 0 spiro atoms. The molecule has 0 saturated carbocycles. The molecule has 0 fully saturated rings. The zero-order valence-electron chi connectivity index (χ0n) is 13.0. The van der Waals surface area contributed by atoms with Crippen molar-refractivity contribution in [3.63, 3.8) is 0 Å². The minimum absolute atomic E-state index is 0.0352. The van der Waals surface area contributed by atoms with Crippen molar-refractivity contribution in [2.75, 3.05) is 20.3 Å². The molecule has 0 atom stereocenters. The molecule has 0 unspecified atom stereocenters. The number of amides is 1. The maximum atomic E-state index is 11.8. The maximum Gasteiger partial charge on any atom is 0.257 e. The molecule has 0 aromatic heterocycles. The number of nitrogens with one attached hydrogen (secondary N) is 1. The number of methoxy groups -OCH3 is 1. The first kappa shape index (κ1) is 15.9. The van der Waals surface area contributed by atoms with E-state index in [2.05, 4.69) is 5.32 Å². The lowest BCUT2D eigenvalue weighted by Gasteiger charge is -2.09. The zero-order valence-corrected chi connectivity index (χ0v) is 13.0. The lowest BCUT2D eigenvalue weighted by Crippen LogP contribution is -2.30. The smallest absolute Gasteiger partial charge is 0.257 e. The van der Waals surface area contributed by atoms with Gasteiger partial charge < -0.3 is 14.8 Å². The highest BCUT2D eigenvalue weighted by Crippen LogP contribution is 2.15. The Hall–Kier alpha value is -2.49. The Morgan fingerprint density at radius 1 is 1.09 bits per heavy atom. The van der Waals surface area contributed by atoms with E-state index in [-0.39, 0.29) is 12.5 Å². The molecular weight excluding hydrogens is 278 g/mol. The summed E-state index contributed by atoms with van der Waals surface area (Å²) in [6.07, 6.45) is 0.778. The van der Waals surface area contributed by atoms with E-state index in [9.17, 15) is 4.79 Å². The van der Waals surface area contributed by atoms with Gasteiger partial charge in [-0.15, -0.1) is 0 Å². The van der Waals surface area contributed by atoms with Crippen LogP contribution >= 0.6 is 0 Å². The summed E-state index contributed by atoms with van der Waals surface area (Å²) in [4.78, 5) is 11.8. The molecule has 4 nitrogen and oxygen atoms in total. The third-order valence-electron chi connectivity index (χ3n) is 3.35. The molecule has 116 valence electrons. The SMILES string of the molecule is COc1ccc(CCNC(=O)COc2ccccc2C)cc1. The summed E-state index contributed by atoms with van der Waals surface area (Å²) in [6, 6.07) is 15.5. The highest BCUT2D eigenvalue weighted by Gasteiger charge is 2.04. The largest absolute Gasteiger partial charge is 0.497 e. The molecule has 1 amide bonds. The number of aryl methyl sites for hydroxylation is 1. The Morgan fingerprint density at radius 2 is 1.82 bits per heavy atom. The predicted molar refractivity (Wildman–Crippen MR) is 86.4 cm³/mol. The summed E-state index contributed by atoms with van der Waals surface area (Å²) in [5.74, 6) is 1.46. The summed E-state index contributed by atoms with van der Waals surface area (Å²) in [7, 11) is 1.64. The van der Waals surface area contributed by atoms with E-state index in [0.717, 1.165) is 29.0 Å². The van der Waals surface area contributed by atoms with Crippen molar-refractivity contribution >= 4 is 5.91 Å². The van der Waals surface area contributed by atoms with Crippen molar-refractivity contribution in [2.24, 2.45) is 0 Å². The van der Waals surface area contributed by atoms with E-state index < -0.39 is 0 Å². The molecule has 0 aliphatic rings. The van der Waals surface area contributed by atoms with Crippen LogP contribution in [0.15, 0.2) is 48.5 Å². The molecule has 2 aromatic rings.